The molecule has 2 rings (SSSR count). The minimum absolute atomic E-state index is 0.0913. The fourth-order valence-corrected chi connectivity index (χ4v) is 2.66. The largest absolute Gasteiger partial charge is 0.375 e. The van der Waals surface area contributed by atoms with Crippen LogP contribution in [0.1, 0.15) is 24.4 Å². The van der Waals surface area contributed by atoms with E-state index in [1.165, 1.54) is 9.13 Å². The predicted octanol–water partition coefficient (Wildman–Crippen LogP) is 2.60. The van der Waals surface area contributed by atoms with Crippen LogP contribution in [0.15, 0.2) is 24.3 Å². The van der Waals surface area contributed by atoms with Gasteiger partial charge < -0.3 is 9.64 Å². The molecule has 0 N–H and O–H groups in total. The number of nitrogens with zero attached hydrogens (tertiary/aromatic N) is 1. The summed E-state index contributed by atoms with van der Waals surface area (Å²) in [6, 6.07) is 8.64. The molecule has 1 unspecified atom stereocenters. The number of hydrogen-bond acceptors (Lipinski definition) is 2. The molecule has 1 aliphatic heterocycles. The lowest BCUT2D eigenvalue weighted by molar-refractivity contribution is -0.136. The van der Waals surface area contributed by atoms with E-state index in [2.05, 4.69) is 46.9 Å². The van der Waals surface area contributed by atoms with Gasteiger partial charge in [0, 0.05) is 17.2 Å². The Bertz CT molecular complexity index is 391. The Labute approximate surface area is 115 Å². The zero-order valence-electron chi connectivity index (χ0n) is 9.86. The molecule has 0 bridgehead atoms. The number of hydrogen-bond donors (Lipinski definition) is 0. The molecule has 1 heterocycles. The molecule has 0 radical (unpaired) electrons. The maximum atomic E-state index is 11.9. The maximum absolute atomic E-state index is 11.9. The Morgan fingerprint density at radius 2 is 2.18 bits per heavy atom. The van der Waals surface area contributed by atoms with Crippen LogP contribution >= 0.6 is 22.6 Å². The number of carbonyl (C=O) groups is 1. The molecule has 0 aromatic heterocycles. The van der Waals surface area contributed by atoms with Crippen molar-refractivity contribution in [2.45, 2.75) is 18.9 Å². The number of ether oxygens (including phenoxy) is 1. The zero-order chi connectivity index (χ0) is 12.3. The Balaban J connectivity index is 2.14. The Hall–Kier alpha value is -0.620. The van der Waals surface area contributed by atoms with Crippen LogP contribution in [0.2, 0.25) is 0 Å². The molecule has 0 saturated carbocycles. The van der Waals surface area contributed by atoms with Gasteiger partial charge in [0.15, 0.2) is 0 Å². The van der Waals surface area contributed by atoms with Crippen LogP contribution in [0.4, 0.5) is 0 Å². The standard InChI is InChI=1S/C13H16INO2/c1-17-9-13(16)15-8-2-3-12(15)10-4-6-11(14)7-5-10/h4-7,12H,2-3,8-9H2,1H3. The van der Waals surface area contributed by atoms with Gasteiger partial charge in [-0.1, -0.05) is 12.1 Å². The first kappa shape index (κ1) is 12.8. The van der Waals surface area contributed by atoms with Crippen molar-refractivity contribution < 1.29 is 9.53 Å². The number of methoxy groups -OCH3 is 1. The first-order chi connectivity index (χ1) is 8.22. The third kappa shape index (κ3) is 2.98. The van der Waals surface area contributed by atoms with Gasteiger partial charge in [-0.2, -0.15) is 0 Å². The first-order valence-corrected chi connectivity index (χ1v) is 6.84. The van der Waals surface area contributed by atoms with E-state index in [4.69, 9.17) is 4.74 Å². The fourth-order valence-electron chi connectivity index (χ4n) is 2.30. The smallest absolute Gasteiger partial charge is 0.249 e. The Morgan fingerprint density at radius 1 is 1.47 bits per heavy atom. The van der Waals surface area contributed by atoms with Crippen LogP contribution in [-0.2, 0) is 9.53 Å². The van der Waals surface area contributed by atoms with E-state index < -0.39 is 0 Å². The third-order valence-corrected chi connectivity index (χ3v) is 3.81. The molecule has 1 saturated heterocycles. The summed E-state index contributed by atoms with van der Waals surface area (Å²) in [7, 11) is 1.56. The van der Waals surface area contributed by atoms with E-state index in [1.54, 1.807) is 7.11 Å². The second kappa shape index (κ2) is 5.82. The summed E-state index contributed by atoms with van der Waals surface area (Å²) >= 11 is 2.29. The summed E-state index contributed by atoms with van der Waals surface area (Å²) in [6.45, 7) is 1.03. The van der Waals surface area contributed by atoms with E-state index in [0.717, 1.165) is 19.4 Å². The molecule has 92 valence electrons. The molecule has 17 heavy (non-hydrogen) atoms. The Morgan fingerprint density at radius 3 is 2.82 bits per heavy atom. The van der Waals surface area contributed by atoms with E-state index in [0.29, 0.717) is 0 Å². The van der Waals surface area contributed by atoms with E-state index >= 15 is 0 Å². The highest BCUT2D eigenvalue weighted by molar-refractivity contribution is 14.1. The van der Waals surface area contributed by atoms with Crippen LogP contribution in [-0.4, -0.2) is 31.1 Å². The summed E-state index contributed by atoms with van der Waals surface area (Å²) in [5, 5.41) is 0. The van der Waals surface area contributed by atoms with Crippen molar-refractivity contribution in [3.8, 4) is 0 Å². The lowest BCUT2D eigenvalue weighted by Gasteiger charge is -2.24. The molecular formula is C13H16INO2. The minimum atomic E-state index is 0.0913. The van der Waals surface area contributed by atoms with Gasteiger partial charge in [0.2, 0.25) is 5.91 Å². The average molecular weight is 345 g/mol. The molecular weight excluding hydrogens is 329 g/mol. The third-order valence-electron chi connectivity index (χ3n) is 3.10. The van der Waals surface area contributed by atoms with E-state index in [1.807, 2.05) is 4.90 Å². The van der Waals surface area contributed by atoms with Gasteiger partial charge >= 0.3 is 0 Å². The van der Waals surface area contributed by atoms with Crippen molar-refractivity contribution in [1.82, 2.24) is 4.90 Å². The van der Waals surface area contributed by atoms with Crippen LogP contribution in [0.5, 0.6) is 0 Å². The highest BCUT2D eigenvalue weighted by Gasteiger charge is 2.29. The number of carbonyl (C=O) groups excluding carboxylic acids is 1. The highest BCUT2D eigenvalue weighted by atomic mass is 127. The first-order valence-electron chi connectivity index (χ1n) is 5.76. The van der Waals surface area contributed by atoms with Crippen molar-refractivity contribution in [2.75, 3.05) is 20.3 Å². The molecule has 0 spiro atoms. The molecule has 1 amide bonds. The average Bonchev–Trinajstić information content (AvgIpc) is 2.79. The SMILES string of the molecule is COCC(=O)N1CCCC1c1ccc(I)cc1. The summed E-state index contributed by atoms with van der Waals surface area (Å²) in [5.74, 6) is 0.0913. The predicted molar refractivity (Wildman–Crippen MR) is 74.7 cm³/mol. The Kier molecular flexibility index (Phi) is 4.39. The van der Waals surface area contributed by atoms with Crippen LogP contribution in [0.25, 0.3) is 0 Å². The van der Waals surface area contributed by atoms with Gasteiger partial charge in [0.05, 0.1) is 6.04 Å². The van der Waals surface area contributed by atoms with Gasteiger partial charge in [-0.15, -0.1) is 0 Å². The van der Waals surface area contributed by atoms with Crippen LogP contribution in [0, 0.1) is 3.57 Å². The summed E-state index contributed by atoms with van der Waals surface area (Å²) in [4.78, 5) is 13.8. The van der Waals surface area contributed by atoms with Crippen molar-refractivity contribution in [2.24, 2.45) is 0 Å². The van der Waals surface area contributed by atoms with Crippen molar-refractivity contribution >= 4 is 28.5 Å². The monoisotopic (exact) mass is 345 g/mol. The van der Waals surface area contributed by atoms with Gasteiger partial charge in [-0.05, 0) is 53.1 Å². The van der Waals surface area contributed by atoms with Crippen molar-refractivity contribution in [3.05, 3.63) is 33.4 Å². The highest BCUT2D eigenvalue weighted by Crippen LogP contribution is 2.32. The lowest BCUT2D eigenvalue weighted by Crippen LogP contribution is -2.33. The molecule has 1 aromatic rings. The van der Waals surface area contributed by atoms with Gasteiger partial charge in [-0.25, -0.2) is 0 Å². The van der Waals surface area contributed by atoms with Crippen molar-refractivity contribution in [3.63, 3.8) is 0 Å². The summed E-state index contributed by atoms with van der Waals surface area (Å²) in [5.41, 5.74) is 1.23. The lowest BCUT2D eigenvalue weighted by atomic mass is 10.0. The van der Waals surface area contributed by atoms with Gasteiger partial charge in [0.1, 0.15) is 6.61 Å². The molecule has 1 aliphatic rings. The van der Waals surface area contributed by atoms with E-state index in [-0.39, 0.29) is 18.6 Å². The van der Waals surface area contributed by atoms with Crippen LogP contribution in [0.3, 0.4) is 0 Å². The molecule has 1 aromatic carbocycles. The minimum Gasteiger partial charge on any atom is -0.375 e. The maximum Gasteiger partial charge on any atom is 0.249 e. The quantitative estimate of drug-likeness (QED) is 0.789. The van der Waals surface area contributed by atoms with Crippen LogP contribution < -0.4 is 0 Å². The second-order valence-electron chi connectivity index (χ2n) is 4.23. The molecule has 1 atom stereocenters. The summed E-state index contributed by atoms with van der Waals surface area (Å²) in [6.07, 6.45) is 2.13. The number of likely N-dealkylation sites (tertiary alicyclic amines) is 1. The number of amides is 1. The normalized spacial score (nSPS) is 19.6. The molecule has 0 aliphatic carbocycles. The topological polar surface area (TPSA) is 29.5 Å². The second-order valence-corrected chi connectivity index (χ2v) is 5.48. The summed E-state index contributed by atoms with van der Waals surface area (Å²) < 4.78 is 6.15. The van der Waals surface area contributed by atoms with E-state index in [9.17, 15) is 4.79 Å². The fraction of sp³-hybridized carbons (Fsp3) is 0.462. The molecule has 1 fully saturated rings. The van der Waals surface area contributed by atoms with Gasteiger partial charge in [-0.3, -0.25) is 4.79 Å². The van der Waals surface area contributed by atoms with Gasteiger partial charge in [0.25, 0.3) is 0 Å². The number of halogens is 1. The molecule has 3 nitrogen and oxygen atoms in total. The zero-order valence-corrected chi connectivity index (χ0v) is 12.0. The van der Waals surface area contributed by atoms with Crippen molar-refractivity contribution in [1.29, 1.82) is 0 Å². The number of rotatable bonds is 3. The number of benzene rings is 1. The molecule has 4 heteroatoms.